The topological polar surface area (TPSA) is 105 Å². The van der Waals surface area contributed by atoms with E-state index in [0.717, 1.165) is 24.3 Å². The second-order valence-electron chi connectivity index (χ2n) is 6.33. The second kappa shape index (κ2) is 7.86. The highest BCUT2D eigenvalue weighted by atomic mass is 16.6. The third-order valence-electron chi connectivity index (χ3n) is 4.39. The van der Waals surface area contributed by atoms with Crippen molar-refractivity contribution in [3.05, 3.63) is 58.6 Å². The van der Waals surface area contributed by atoms with Crippen LogP contribution in [0, 0.1) is 10.1 Å². The van der Waals surface area contributed by atoms with E-state index >= 15 is 0 Å². The summed E-state index contributed by atoms with van der Waals surface area (Å²) in [5.74, 6) is -0.268. The Labute approximate surface area is 156 Å². The number of amides is 2. The van der Waals surface area contributed by atoms with Crippen LogP contribution in [0.5, 0.6) is 0 Å². The Morgan fingerprint density at radius 2 is 1.89 bits per heavy atom. The highest BCUT2D eigenvalue weighted by Gasteiger charge is 2.22. The first kappa shape index (κ1) is 18.4. The Bertz CT molecular complexity index is 866. The van der Waals surface area contributed by atoms with Crippen LogP contribution in [0.1, 0.15) is 19.8 Å². The lowest BCUT2D eigenvalue weighted by Gasteiger charge is -2.18. The molecule has 0 radical (unpaired) electrons. The first-order chi connectivity index (χ1) is 13.0. The minimum Gasteiger partial charge on any atom is -0.374 e. The summed E-state index contributed by atoms with van der Waals surface area (Å²) in [6, 6.07) is 12.7. The minimum absolute atomic E-state index is 0.118. The Morgan fingerprint density at radius 1 is 1.19 bits per heavy atom. The molecule has 0 spiro atoms. The van der Waals surface area contributed by atoms with Crippen LogP contribution in [-0.2, 0) is 9.59 Å². The van der Waals surface area contributed by atoms with E-state index in [1.807, 2.05) is 12.1 Å². The number of para-hydroxylation sites is 2. The van der Waals surface area contributed by atoms with Gasteiger partial charge in [0, 0.05) is 30.4 Å². The van der Waals surface area contributed by atoms with Crippen LogP contribution < -0.4 is 15.5 Å². The molecule has 0 aliphatic carbocycles. The third kappa shape index (κ3) is 4.22. The molecule has 0 saturated carbocycles. The van der Waals surface area contributed by atoms with Gasteiger partial charge in [0.25, 0.3) is 5.69 Å². The van der Waals surface area contributed by atoms with Gasteiger partial charge in [0.15, 0.2) is 0 Å². The summed E-state index contributed by atoms with van der Waals surface area (Å²) < 4.78 is 0. The van der Waals surface area contributed by atoms with Crippen LogP contribution in [0.15, 0.2) is 48.5 Å². The number of rotatable bonds is 6. The van der Waals surface area contributed by atoms with Gasteiger partial charge in [0.1, 0.15) is 11.7 Å². The van der Waals surface area contributed by atoms with Crippen molar-refractivity contribution in [2.45, 2.75) is 25.8 Å². The van der Waals surface area contributed by atoms with Crippen LogP contribution in [-0.4, -0.2) is 29.3 Å². The molecule has 1 fully saturated rings. The average molecular weight is 368 g/mol. The quantitative estimate of drug-likeness (QED) is 0.602. The van der Waals surface area contributed by atoms with Gasteiger partial charge < -0.3 is 15.5 Å². The number of benzene rings is 2. The summed E-state index contributed by atoms with van der Waals surface area (Å²) in [6.45, 7) is 2.39. The fraction of sp³-hybridized carbons (Fsp3) is 0.263. The number of nitro benzene ring substituents is 1. The van der Waals surface area contributed by atoms with Crippen molar-refractivity contribution in [2.24, 2.45) is 0 Å². The van der Waals surface area contributed by atoms with Gasteiger partial charge in [0.2, 0.25) is 11.8 Å². The van der Waals surface area contributed by atoms with Crippen molar-refractivity contribution in [3.63, 3.8) is 0 Å². The summed E-state index contributed by atoms with van der Waals surface area (Å²) in [4.78, 5) is 36.4. The van der Waals surface area contributed by atoms with E-state index in [9.17, 15) is 19.7 Å². The summed E-state index contributed by atoms with van der Waals surface area (Å²) in [5, 5.41) is 16.7. The molecule has 0 unspecified atom stereocenters. The number of anilines is 3. The zero-order chi connectivity index (χ0) is 19.4. The maximum absolute atomic E-state index is 12.4. The van der Waals surface area contributed by atoms with E-state index in [2.05, 4.69) is 10.6 Å². The number of nitro groups is 1. The van der Waals surface area contributed by atoms with Crippen LogP contribution in [0.25, 0.3) is 0 Å². The van der Waals surface area contributed by atoms with Gasteiger partial charge in [-0.05, 0) is 43.7 Å². The standard InChI is InChI=1S/C19H20N4O4/c1-13(19(25)21-16-5-2-3-6-17(16)23(26)27)20-14-8-10-15(11-9-14)22-12-4-7-18(22)24/h2-3,5-6,8-11,13,20H,4,7,12H2,1H3,(H,21,25)/t13-/m0/s1. The fourth-order valence-corrected chi connectivity index (χ4v) is 2.95. The van der Waals surface area contributed by atoms with Crippen molar-refractivity contribution in [1.82, 2.24) is 0 Å². The van der Waals surface area contributed by atoms with Gasteiger partial charge in [-0.1, -0.05) is 12.1 Å². The number of hydrogen-bond acceptors (Lipinski definition) is 5. The summed E-state index contributed by atoms with van der Waals surface area (Å²) in [6.07, 6.45) is 1.44. The SMILES string of the molecule is C[C@H](Nc1ccc(N2CCCC2=O)cc1)C(=O)Nc1ccccc1[N+](=O)[O-]. The van der Waals surface area contributed by atoms with E-state index < -0.39 is 11.0 Å². The number of nitrogens with zero attached hydrogens (tertiary/aromatic N) is 2. The number of hydrogen-bond donors (Lipinski definition) is 2. The molecule has 2 amide bonds. The molecule has 3 rings (SSSR count). The Balaban J connectivity index is 1.63. The van der Waals surface area contributed by atoms with Crippen molar-refractivity contribution in [1.29, 1.82) is 0 Å². The van der Waals surface area contributed by atoms with E-state index in [1.54, 1.807) is 36.1 Å². The predicted molar refractivity (Wildman–Crippen MR) is 103 cm³/mol. The lowest BCUT2D eigenvalue weighted by Crippen LogP contribution is -2.32. The van der Waals surface area contributed by atoms with Crippen molar-refractivity contribution >= 4 is 34.6 Å². The summed E-state index contributed by atoms with van der Waals surface area (Å²) >= 11 is 0. The number of carbonyl (C=O) groups excluding carboxylic acids is 2. The molecule has 0 bridgehead atoms. The first-order valence-corrected chi connectivity index (χ1v) is 8.67. The molecule has 1 atom stereocenters. The zero-order valence-electron chi connectivity index (χ0n) is 14.8. The molecule has 27 heavy (non-hydrogen) atoms. The average Bonchev–Trinajstić information content (AvgIpc) is 3.08. The monoisotopic (exact) mass is 368 g/mol. The summed E-state index contributed by atoms with van der Waals surface area (Å²) in [7, 11) is 0. The maximum atomic E-state index is 12.4. The zero-order valence-corrected chi connectivity index (χ0v) is 14.8. The van der Waals surface area contributed by atoms with Crippen LogP contribution >= 0.6 is 0 Å². The van der Waals surface area contributed by atoms with Gasteiger partial charge in [-0.3, -0.25) is 19.7 Å². The van der Waals surface area contributed by atoms with Crippen molar-refractivity contribution < 1.29 is 14.5 Å². The highest BCUT2D eigenvalue weighted by molar-refractivity contribution is 5.98. The number of carbonyl (C=O) groups is 2. The molecule has 1 heterocycles. The molecule has 140 valence electrons. The number of nitrogens with one attached hydrogen (secondary N) is 2. The van der Waals surface area contributed by atoms with E-state index in [1.165, 1.54) is 12.1 Å². The third-order valence-corrected chi connectivity index (χ3v) is 4.39. The molecule has 2 aromatic rings. The molecule has 8 heteroatoms. The Hall–Kier alpha value is -3.42. The largest absolute Gasteiger partial charge is 0.374 e. The van der Waals surface area contributed by atoms with Crippen molar-refractivity contribution in [3.8, 4) is 0 Å². The maximum Gasteiger partial charge on any atom is 0.292 e. The predicted octanol–water partition coefficient (Wildman–Crippen LogP) is 3.16. The molecule has 1 aliphatic heterocycles. The van der Waals surface area contributed by atoms with Crippen molar-refractivity contribution in [2.75, 3.05) is 22.1 Å². The molecular weight excluding hydrogens is 348 g/mol. The fourth-order valence-electron chi connectivity index (χ4n) is 2.95. The molecule has 2 N–H and O–H groups in total. The molecule has 1 aliphatic rings. The molecule has 2 aromatic carbocycles. The van der Waals surface area contributed by atoms with Gasteiger partial charge in [0.05, 0.1) is 4.92 Å². The minimum atomic E-state index is -0.607. The molecule has 1 saturated heterocycles. The van der Waals surface area contributed by atoms with E-state index in [0.29, 0.717) is 6.42 Å². The highest BCUT2D eigenvalue weighted by Crippen LogP contribution is 2.25. The van der Waals surface area contributed by atoms with Gasteiger partial charge >= 0.3 is 0 Å². The lowest BCUT2D eigenvalue weighted by atomic mass is 10.2. The van der Waals surface area contributed by atoms with Gasteiger partial charge in [-0.2, -0.15) is 0 Å². The first-order valence-electron chi connectivity index (χ1n) is 8.67. The van der Waals surface area contributed by atoms with Crippen LogP contribution in [0.4, 0.5) is 22.7 Å². The van der Waals surface area contributed by atoms with Gasteiger partial charge in [-0.25, -0.2) is 0 Å². The normalized spacial score (nSPS) is 14.7. The molecule has 8 nitrogen and oxygen atoms in total. The Kier molecular flexibility index (Phi) is 5.35. The van der Waals surface area contributed by atoms with Crippen LogP contribution in [0.3, 0.4) is 0 Å². The van der Waals surface area contributed by atoms with E-state index in [4.69, 9.17) is 0 Å². The second-order valence-corrected chi connectivity index (χ2v) is 6.33. The van der Waals surface area contributed by atoms with E-state index in [-0.39, 0.29) is 23.2 Å². The Morgan fingerprint density at radius 3 is 2.52 bits per heavy atom. The van der Waals surface area contributed by atoms with Gasteiger partial charge in [-0.15, -0.1) is 0 Å². The molecular formula is C19H20N4O4. The van der Waals surface area contributed by atoms with Crippen LogP contribution in [0.2, 0.25) is 0 Å². The smallest absolute Gasteiger partial charge is 0.292 e. The summed E-state index contributed by atoms with van der Waals surface area (Å²) in [5.41, 5.74) is 1.55. The molecule has 0 aromatic heterocycles. The lowest BCUT2D eigenvalue weighted by molar-refractivity contribution is -0.383.